The molecule has 0 bridgehead atoms. The van der Waals surface area contributed by atoms with Gasteiger partial charge in [-0.15, -0.1) is 0 Å². The van der Waals surface area contributed by atoms with Crippen LogP contribution in [-0.2, 0) is 13.1 Å². The molecule has 2 aromatic carbocycles. The number of benzene rings is 2. The number of aromatic nitrogens is 6. The monoisotopic (exact) mass is 467 g/mol. The van der Waals surface area contributed by atoms with Crippen LogP contribution in [-0.4, -0.2) is 30.1 Å². The largest absolute Gasteiger partial charge is 0.332 e. The first-order valence-electron chi connectivity index (χ1n) is 10.5. The van der Waals surface area contributed by atoms with Crippen molar-refractivity contribution in [3.63, 3.8) is 0 Å². The zero-order valence-corrected chi connectivity index (χ0v) is 18.4. The Morgan fingerprint density at radius 3 is 2.74 bits per heavy atom. The summed E-state index contributed by atoms with van der Waals surface area (Å²) in [5.74, 6) is 6.60. The first-order valence-corrected chi connectivity index (χ1v) is 10.8. The van der Waals surface area contributed by atoms with Gasteiger partial charge in [-0.25, -0.2) is 19.9 Å². The number of aromatic amines is 1. The van der Waals surface area contributed by atoms with Crippen LogP contribution in [0.3, 0.4) is 0 Å². The number of rotatable bonds is 2. The molecule has 34 heavy (non-hydrogen) atoms. The first-order chi connectivity index (χ1) is 16.6. The summed E-state index contributed by atoms with van der Waals surface area (Å²) < 4.78 is 13.8. The summed E-state index contributed by atoms with van der Waals surface area (Å²) in [6.07, 6.45) is 3.34. The highest BCUT2D eigenvalue weighted by molar-refractivity contribution is 6.30. The van der Waals surface area contributed by atoms with Gasteiger partial charge in [0.15, 0.2) is 5.82 Å². The third-order valence-electron chi connectivity index (χ3n) is 5.54. The average molecular weight is 468 g/mol. The molecule has 164 valence electrons. The Morgan fingerprint density at radius 1 is 0.912 bits per heavy atom. The van der Waals surface area contributed by atoms with E-state index in [1.807, 2.05) is 18.2 Å². The predicted molar refractivity (Wildman–Crippen MR) is 126 cm³/mol. The second-order valence-corrected chi connectivity index (χ2v) is 8.23. The van der Waals surface area contributed by atoms with Crippen molar-refractivity contribution in [2.45, 2.75) is 13.1 Å². The first kappa shape index (κ1) is 20.3. The van der Waals surface area contributed by atoms with E-state index in [9.17, 15) is 4.39 Å². The lowest BCUT2D eigenvalue weighted by atomic mass is 10.1. The van der Waals surface area contributed by atoms with Crippen molar-refractivity contribution < 1.29 is 4.39 Å². The standard InChI is InChI=1S/C25H15ClFN7/c26-18-4-3-16-13-34(14-17(16)12-18)25-29-10-8-22(31-25)24-28-9-7-19(30-24)5-1-15-2-6-21-20(11-15)23(27)33-32-21/h2-4,6-12H,13-14H2,(H,32,33). The summed E-state index contributed by atoms with van der Waals surface area (Å²) in [7, 11) is 0. The van der Waals surface area contributed by atoms with E-state index >= 15 is 0 Å². The van der Waals surface area contributed by atoms with Crippen LogP contribution in [0, 0.1) is 17.8 Å². The van der Waals surface area contributed by atoms with Crippen molar-refractivity contribution in [3.8, 4) is 23.4 Å². The van der Waals surface area contributed by atoms with Gasteiger partial charge >= 0.3 is 0 Å². The molecule has 0 unspecified atom stereocenters. The Kier molecular flexibility index (Phi) is 4.90. The van der Waals surface area contributed by atoms with E-state index in [0.29, 0.717) is 52.7 Å². The predicted octanol–water partition coefficient (Wildman–Crippen LogP) is 4.52. The second kappa shape index (κ2) is 8.21. The molecule has 0 atom stereocenters. The zero-order chi connectivity index (χ0) is 23.1. The molecule has 0 amide bonds. The van der Waals surface area contributed by atoms with Gasteiger partial charge in [-0.2, -0.15) is 9.49 Å². The number of hydrogen-bond acceptors (Lipinski definition) is 6. The summed E-state index contributed by atoms with van der Waals surface area (Å²) in [6, 6.07) is 14.6. The molecule has 6 rings (SSSR count). The number of fused-ring (bicyclic) bond motifs is 2. The molecule has 0 aliphatic carbocycles. The fourth-order valence-corrected chi connectivity index (χ4v) is 4.07. The Bertz CT molecular complexity index is 1620. The van der Waals surface area contributed by atoms with E-state index in [0.717, 1.165) is 5.02 Å². The highest BCUT2D eigenvalue weighted by Crippen LogP contribution is 2.28. The highest BCUT2D eigenvalue weighted by Gasteiger charge is 2.22. The third kappa shape index (κ3) is 3.83. The van der Waals surface area contributed by atoms with Gasteiger partial charge in [0.25, 0.3) is 0 Å². The minimum atomic E-state index is -0.480. The normalized spacial score (nSPS) is 12.5. The van der Waals surface area contributed by atoms with Crippen molar-refractivity contribution in [2.75, 3.05) is 4.90 Å². The fourth-order valence-electron chi connectivity index (χ4n) is 3.87. The van der Waals surface area contributed by atoms with Crippen LogP contribution in [0.5, 0.6) is 0 Å². The molecular weight excluding hydrogens is 453 g/mol. The van der Waals surface area contributed by atoms with E-state index < -0.39 is 5.95 Å². The molecule has 1 aliphatic heterocycles. The van der Waals surface area contributed by atoms with Crippen molar-refractivity contribution in [1.29, 1.82) is 0 Å². The van der Waals surface area contributed by atoms with Gasteiger partial charge in [0.1, 0.15) is 11.4 Å². The van der Waals surface area contributed by atoms with Crippen molar-refractivity contribution >= 4 is 28.5 Å². The van der Waals surface area contributed by atoms with E-state index in [4.69, 9.17) is 11.6 Å². The number of nitrogens with zero attached hydrogens (tertiary/aromatic N) is 6. The zero-order valence-electron chi connectivity index (χ0n) is 17.6. The van der Waals surface area contributed by atoms with Crippen molar-refractivity contribution in [2.24, 2.45) is 0 Å². The molecule has 9 heteroatoms. The minimum absolute atomic E-state index is 0.398. The second-order valence-electron chi connectivity index (χ2n) is 7.80. The molecule has 0 saturated carbocycles. The van der Waals surface area contributed by atoms with Crippen LogP contribution in [0.4, 0.5) is 10.3 Å². The number of hydrogen-bond donors (Lipinski definition) is 1. The summed E-state index contributed by atoms with van der Waals surface area (Å²) in [4.78, 5) is 20.1. The number of nitrogens with one attached hydrogen (secondary N) is 1. The maximum atomic E-state index is 13.8. The summed E-state index contributed by atoms with van der Waals surface area (Å²) in [5.41, 5.74) is 4.72. The van der Waals surface area contributed by atoms with E-state index in [1.165, 1.54) is 11.1 Å². The van der Waals surface area contributed by atoms with Gasteiger partial charge in [-0.05, 0) is 59.5 Å². The highest BCUT2D eigenvalue weighted by atomic mass is 35.5. The van der Waals surface area contributed by atoms with Crippen LogP contribution in [0.1, 0.15) is 22.4 Å². The molecule has 0 spiro atoms. The lowest BCUT2D eigenvalue weighted by molar-refractivity contribution is 0.588. The van der Waals surface area contributed by atoms with Crippen LogP contribution in [0.15, 0.2) is 60.9 Å². The minimum Gasteiger partial charge on any atom is -0.332 e. The van der Waals surface area contributed by atoms with Gasteiger partial charge < -0.3 is 4.90 Å². The van der Waals surface area contributed by atoms with Crippen LogP contribution < -0.4 is 4.90 Å². The van der Waals surface area contributed by atoms with Gasteiger partial charge in [0, 0.05) is 36.1 Å². The molecule has 4 heterocycles. The van der Waals surface area contributed by atoms with Gasteiger partial charge in [-0.1, -0.05) is 23.6 Å². The van der Waals surface area contributed by atoms with Crippen LogP contribution in [0.2, 0.25) is 5.02 Å². The van der Waals surface area contributed by atoms with E-state index in [-0.39, 0.29) is 0 Å². The molecule has 0 radical (unpaired) electrons. The van der Waals surface area contributed by atoms with Crippen LogP contribution >= 0.6 is 11.6 Å². The maximum absolute atomic E-state index is 13.8. The van der Waals surface area contributed by atoms with Gasteiger partial charge in [-0.3, -0.25) is 5.10 Å². The molecule has 7 nitrogen and oxygen atoms in total. The lowest BCUT2D eigenvalue weighted by Gasteiger charge is -2.15. The molecule has 1 N–H and O–H groups in total. The Labute approximate surface area is 198 Å². The Morgan fingerprint density at radius 2 is 1.79 bits per heavy atom. The van der Waals surface area contributed by atoms with Crippen molar-refractivity contribution in [1.82, 2.24) is 30.1 Å². The fraction of sp³-hybridized carbons (Fsp3) is 0.0800. The van der Waals surface area contributed by atoms with E-state index in [1.54, 1.807) is 42.7 Å². The average Bonchev–Trinajstić information content (AvgIpc) is 3.46. The number of anilines is 1. The van der Waals surface area contributed by atoms with Crippen LogP contribution in [0.25, 0.3) is 22.4 Å². The van der Waals surface area contributed by atoms with Crippen molar-refractivity contribution in [3.05, 3.63) is 94.3 Å². The number of halogens is 2. The molecular formula is C25H15ClFN7. The maximum Gasteiger partial charge on any atom is 0.226 e. The third-order valence-corrected chi connectivity index (χ3v) is 5.78. The quantitative estimate of drug-likeness (QED) is 0.384. The molecule has 3 aromatic heterocycles. The SMILES string of the molecule is Fc1[nH]nc2ccc(C#Cc3ccnc(-c4ccnc(N5Cc6ccc(Cl)cc6C5)n4)n3)cc12. The summed E-state index contributed by atoms with van der Waals surface area (Å²) >= 11 is 6.13. The Hall–Kier alpha value is -4.35. The molecule has 0 saturated heterocycles. The van der Waals surface area contributed by atoms with Gasteiger partial charge in [0.05, 0.1) is 10.9 Å². The smallest absolute Gasteiger partial charge is 0.226 e. The molecule has 1 aliphatic rings. The Balaban J connectivity index is 1.26. The molecule has 0 fully saturated rings. The summed E-state index contributed by atoms with van der Waals surface area (Å²) in [6.45, 7) is 1.40. The van der Waals surface area contributed by atoms with E-state index in [2.05, 4.69) is 46.9 Å². The number of H-pyrrole nitrogens is 1. The lowest BCUT2D eigenvalue weighted by Crippen LogP contribution is -2.17. The molecule has 5 aromatic rings. The van der Waals surface area contributed by atoms with Gasteiger partial charge in [0.2, 0.25) is 11.9 Å². The topological polar surface area (TPSA) is 83.5 Å². The summed E-state index contributed by atoms with van der Waals surface area (Å²) in [5, 5.41) is 7.33.